The predicted octanol–water partition coefficient (Wildman–Crippen LogP) is 5.88. The molecule has 2 aliphatic rings. The molecule has 2 heterocycles. The first-order chi connectivity index (χ1) is 21.0. The summed E-state index contributed by atoms with van der Waals surface area (Å²) in [7, 11) is 0. The summed E-state index contributed by atoms with van der Waals surface area (Å²) >= 11 is 2.44. The zero-order chi connectivity index (χ0) is 29.2. The van der Waals surface area contributed by atoms with Crippen LogP contribution in [0.4, 0.5) is 0 Å². The fraction of sp³-hybridized carbons (Fsp3) is 0.0909. The molecule has 208 valence electrons. The summed E-state index contributed by atoms with van der Waals surface area (Å²) < 4.78 is 10.6. The second-order valence-electron chi connectivity index (χ2n) is 10.4. The highest BCUT2D eigenvalue weighted by Gasteiger charge is 2.31. The minimum atomic E-state index is -0.256. The molecule has 2 aliphatic carbocycles. The smallest absolute Gasteiger partial charge is 0.252 e. The van der Waals surface area contributed by atoms with Gasteiger partial charge in [0, 0.05) is 57.2 Å². The molecule has 10 heteroatoms. The van der Waals surface area contributed by atoms with E-state index < -0.39 is 0 Å². The van der Waals surface area contributed by atoms with Crippen LogP contribution in [0.5, 0.6) is 0 Å². The molecule has 2 aromatic heterocycles. The van der Waals surface area contributed by atoms with Gasteiger partial charge >= 0.3 is 0 Å². The average molecular weight is 601 g/mol. The van der Waals surface area contributed by atoms with Crippen molar-refractivity contribution in [3.63, 3.8) is 0 Å². The molecule has 0 saturated heterocycles. The molecule has 0 bridgehead atoms. The quantitative estimate of drug-likeness (QED) is 0.230. The van der Waals surface area contributed by atoms with E-state index in [1.807, 2.05) is 36.4 Å². The number of benzene rings is 4. The largest absolute Gasteiger partial charge is 0.352 e. The first-order valence-electron chi connectivity index (χ1n) is 13.7. The Hall–Kier alpha value is -5.06. The number of hydrogen-bond donors (Lipinski definition) is 2. The normalized spacial score (nSPS) is 12.7. The highest BCUT2D eigenvalue weighted by molar-refractivity contribution is 7.14. The molecule has 0 saturated carbocycles. The molecule has 0 atom stereocenters. The Balaban J connectivity index is 0.944. The fourth-order valence-corrected chi connectivity index (χ4v) is 7.81. The minimum Gasteiger partial charge on any atom is -0.352 e. The third kappa shape index (κ3) is 3.80. The Morgan fingerprint density at radius 1 is 0.558 bits per heavy atom. The van der Waals surface area contributed by atoms with Crippen LogP contribution in [0.2, 0.25) is 0 Å². The summed E-state index contributed by atoms with van der Waals surface area (Å²) in [5, 5.41) is 7.30. The van der Waals surface area contributed by atoms with Gasteiger partial charge in [0.15, 0.2) is 11.6 Å². The molecule has 8 nitrogen and oxygen atoms in total. The standard InChI is InChI=1S/C33H20N4O4S2/c38-28-18-8-3-1-6-16(18)26-24-20(28)10-12-22(30(24)42-36-26)32(40)34-14-5-15-35-33(41)23-13-11-21-25-27(37-43-31(23)25)17-7-2-4-9-19(17)29(21)39/h1-4,6-13H,5,14-15H2,(H,34,40)(H,35,41). The van der Waals surface area contributed by atoms with Gasteiger partial charge in [0.05, 0.1) is 31.9 Å². The van der Waals surface area contributed by atoms with Crippen molar-refractivity contribution in [2.75, 3.05) is 13.1 Å². The Labute approximate surface area is 252 Å². The van der Waals surface area contributed by atoms with Gasteiger partial charge in [-0.1, -0.05) is 48.5 Å². The van der Waals surface area contributed by atoms with Crippen molar-refractivity contribution in [2.45, 2.75) is 6.42 Å². The van der Waals surface area contributed by atoms with Gasteiger partial charge in [-0.15, -0.1) is 0 Å². The Kier molecular flexibility index (Phi) is 5.82. The van der Waals surface area contributed by atoms with Crippen LogP contribution in [0.25, 0.3) is 42.7 Å². The summed E-state index contributed by atoms with van der Waals surface area (Å²) in [5.41, 5.74) is 6.35. The predicted molar refractivity (Wildman–Crippen MR) is 166 cm³/mol. The highest BCUT2D eigenvalue weighted by atomic mass is 32.1. The average Bonchev–Trinajstić information content (AvgIpc) is 3.68. The van der Waals surface area contributed by atoms with Gasteiger partial charge in [-0.05, 0) is 53.8 Å². The zero-order valence-corrected chi connectivity index (χ0v) is 24.0. The van der Waals surface area contributed by atoms with E-state index in [2.05, 4.69) is 19.4 Å². The van der Waals surface area contributed by atoms with Gasteiger partial charge in [-0.25, -0.2) is 0 Å². The molecule has 2 amide bonds. The minimum absolute atomic E-state index is 0.0638. The third-order valence-corrected chi connectivity index (χ3v) is 9.76. The molecule has 0 unspecified atom stereocenters. The number of carbonyl (C=O) groups excluding carboxylic acids is 4. The number of ketones is 2. The number of fused-ring (bicyclic) bond motifs is 4. The zero-order valence-electron chi connectivity index (χ0n) is 22.4. The maximum Gasteiger partial charge on any atom is 0.252 e. The second-order valence-corrected chi connectivity index (χ2v) is 12.0. The third-order valence-electron chi connectivity index (χ3n) is 8.00. The molecule has 0 radical (unpaired) electrons. The molecule has 43 heavy (non-hydrogen) atoms. The summed E-state index contributed by atoms with van der Waals surface area (Å²) in [6.07, 6.45) is 0.513. The van der Waals surface area contributed by atoms with Crippen LogP contribution in [0.1, 0.15) is 59.0 Å². The monoisotopic (exact) mass is 600 g/mol. The van der Waals surface area contributed by atoms with Crippen LogP contribution in [-0.2, 0) is 0 Å². The summed E-state index contributed by atoms with van der Waals surface area (Å²) in [6.45, 7) is 0.695. The number of rotatable bonds is 6. The molecular weight excluding hydrogens is 581 g/mol. The summed E-state index contributed by atoms with van der Waals surface area (Å²) in [4.78, 5) is 52.4. The number of aromatic nitrogens is 2. The molecule has 0 aliphatic heterocycles. The van der Waals surface area contributed by atoms with Crippen LogP contribution in [-0.4, -0.2) is 45.2 Å². The van der Waals surface area contributed by atoms with Crippen molar-refractivity contribution < 1.29 is 19.2 Å². The molecule has 0 fully saturated rings. The summed E-state index contributed by atoms with van der Waals surface area (Å²) in [6, 6.07) is 21.6. The van der Waals surface area contributed by atoms with Gasteiger partial charge in [0.25, 0.3) is 11.8 Å². The van der Waals surface area contributed by atoms with Gasteiger partial charge in [-0.3, -0.25) is 19.2 Å². The molecule has 2 N–H and O–H groups in total. The van der Waals surface area contributed by atoms with Gasteiger partial charge < -0.3 is 10.6 Å². The molecule has 0 spiro atoms. The van der Waals surface area contributed by atoms with Crippen molar-refractivity contribution >= 4 is 66.6 Å². The van der Waals surface area contributed by atoms with E-state index in [4.69, 9.17) is 0 Å². The van der Waals surface area contributed by atoms with E-state index in [0.29, 0.717) is 62.3 Å². The maximum absolute atomic E-state index is 13.1. The number of carbonyl (C=O) groups is 4. The van der Waals surface area contributed by atoms with Crippen molar-refractivity contribution in [2.24, 2.45) is 0 Å². The second kappa shape index (κ2) is 9.75. The number of hydrogen-bond acceptors (Lipinski definition) is 8. The summed E-state index contributed by atoms with van der Waals surface area (Å²) in [5.74, 6) is -0.640. The Morgan fingerprint density at radius 3 is 1.42 bits per heavy atom. The van der Waals surface area contributed by atoms with Crippen molar-refractivity contribution in [1.29, 1.82) is 0 Å². The van der Waals surface area contributed by atoms with Crippen LogP contribution in [0.15, 0.2) is 72.8 Å². The molecule has 8 rings (SSSR count). The van der Waals surface area contributed by atoms with Crippen LogP contribution < -0.4 is 10.6 Å². The number of nitrogens with one attached hydrogen (secondary N) is 2. The fourth-order valence-electron chi connectivity index (χ4n) is 5.95. The maximum atomic E-state index is 13.1. The van der Waals surface area contributed by atoms with Gasteiger partial charge in [0.1, 0.15) is 0 Å². The van der Waals surface area contributed by atoms with E-state index in [1.54, 1.807) is 36.4 Å². The number of amides is 2. The first-order valence-corrected chi connectivity index (χ1v) is 15.3. The lowest BCUT2D eigenvalue weighted by Crippen LogP contribution is -2.30. The number of nitrogens with zero attached hydrogens (tertiary/aromatic N) is 2. The first kappa shape index (κ1) is 25.6. The van der Waals surface area contributed by atoms with E-state index in [1.165, 1.54) is 23.1 Å². The van der Waals surface area contributed by atoms with Gasteiger partial charge in [-0.2, -0.15) is 8.75 Å². The Morgan fingerprint density at radius 2 is 0.977 bits per heavy atom. The van der Waals surface area contributed by atoms with Crippen molar-refractivity contribution in [3.05, 3.63) is 106 Å². The highest BCUT2D eigenvalue weighted by Crippen LogP contribution is 2.43. The van der Waals surface area contributed by atoms with E-state index >= 15 is 0 Å². The lowest BCUT2D eigenvalue weighted by Gasteiger charge is -2.16. The lowest BCUT2D eigenvalue weighted by atomic mass is 9.87. The lowest BCUT2D eigenvalue weighted by molar-refractivity contribution is 0.0950. The molecule has 4 aromatic carbocycles. The van der Waals surface area contributed by atoms with Crippen molar-refractivity contribution in [1.82, 2.24) is 19.4 Å². The van der Waals surface area contributed by atoms with Gasteiger partial charge in [0.2, 0.25) is 0 Å². The van der Waals surface area contributed by atoms with E-state index in [9.17, 15) is 19.2 Å². The molecular formula is C33H20N4O4S2. The van der Waals surface area contributed by atoms with Crippen LogP contribution in [0, 0.1) is 0 Å². The van der Waals surface area contributed by atoms with Crippen LogP contribution >= 0.6 is 23.1 Å². The Bertz CT molecular complexity index is 2060. The molecule has 6 aromatic rings. The SMILES string of the molecule is O=C(NCCCNC(=O)c1ccc2c3c(nsc13)-c1ccccc1C2=O)c1ccc2c3c(nsc13)-c1ccccc1C2=O. The topological polar surface area (TPSA) is 118 Å². The van der Waals surface area contributed by atoms with E-state index in [-0.39, 0.29) is 23.4 Å². The van der Waals surface area contributed by atoms with Crippen molar-refractivity contribution in [3.8, 4) is 22.5 Å². The van der Waals surface area contributed by atoms with E-state index in [0.717, 1.165) is 33.3 Å². The van der Waals surface area contributed by atoms with Crippen LogP contribution in [0.3, 0.4) is 0 Å².